The van der Waals surface area contributed by atoms with Gasteiger partial charge in [-0.05, 0) is 24.3 Å². The molecule has 0 saturated heterocycles. The van der Waals surface area contributed by atoms with Gasteiger partial charge in [0.2, 0.25) is 0 Å². The highest BCUT2D eigenvalue weighted by atomic mass is 16.3. The smallest absolute Gasteiger partial charge is 0.258 e. The summed E-state index contributed by atoms with van der Waals surface area (Å²) in [6.07, 6.45) is 1.72. The molecule has 1 aliphatic rings. The molecule has 0 spiro atoms. The Morgan fingerprint density at radius 3 is 2.64 bits per heavy atom. The molecule has 2 aromatic carbocycles. The van der Waals surface area contributed by atoms with Crippen molar-refractivity contribution in [1.29, 1.82) is 0 Å². The number of carbonyl (C=O) groups excluding carboxylic acids is 1. The highest BCUT2D eigenvalue weighted by Gasteiger charge is 2.27. The van der Waals surface area contributed by atoms with Crippen molar-refractivity contribution in [1.82, 2.24) is 9.78 Å². The highest BCUT2D eigenvalue weighted by Crippen LogP contribution is 2.36. The van der Waals surface area contributed by atoms with Crippen molar-refractivity contribution in [2.75, 3.05) is 10.2 Å². The first-order valence-electron chi connectivity index (χ1n) is 7.75. The van der Waals surface area contributed by atoms with Gasteiger partial charge in [0.05, 0.1) is 24.1 Å². The van der Waals surface area contributed by atoms with Crippen LogP contribution < -0.4 is 10.2 Å². The van der Waals surface area contributed by atoms with E-state index < -0.39 is 0 Å². The molecule has 0 bridgehead atoms. The Balaban J connectivity index is 1.84. The number of aromatic hydroxyl groups is 2. The number of rotatable bonds is 1. The molecule has 126 valence electrons. The normalized spacial score (nSPS) is 12.8. The lowest BCUT2D eigenvalue weighted by molar-refractivity contribution is 0.0984. The van der Waals surface area contributed by atoms with E-state index >= 15 is 0 Å². The minimum absolute atomic E-state index is 0.161. The van der Waals surface area contributed by atoms with E-state index in [-0.39, 0.29) is 23.0 Å². The van der Waals surface area contributed by atoms with Crippen LogP contribution in [0.25, 0.3) is 0 Å². The number of para-hydroxylation sites is 2. The van der Waals surface area contributed by atoms with Crippen LogP contribution in [0.15, 0.2) is 48.7 Å². The molecule has 3 aromatic rings. The van der Waals surface area contributed by atoms with Gasteiger partial charge in [-0.25, -0.2) is 0 Å². The number of carbonyl (C=O) groups is 1. The standard InChI is InChI=1S/C18H16N4O3/c1-21-17-12(9-19-21)10-22(16-5-3-2-4-15(16)20-17)18(25)11-6-13(23)8-14(24)7-11/h2-9,20,23-24H,10H2,1H3. The number of nitrogens with one attached hydrogen (secondary N) is 1. The van der Waals surface area contributed by atoms with Gasteiger partial charge in [-0.1, -0.05) is 12.1 Å². The number of amides is 1. The predicted octanol–water partition coefficient (Wildman–Crippen LogP) is 2.74. The minimum Gasteiger partial charge on any atom is -0.508 e. The summed E-state index contributed by atoms with van der Waals surface area (Å²) < 4.78 is 1.72. The van der Waals surface area contributed by atoms with Crippen LogP contribution in [0.1, 0.15) is 15.9 Å². The first kappa shape index (κ1) is 15.1. The molecular weight excluding hydrogens is 320 g/mol. The summed E-state index contributed by atoms with van der Waals surface area (Å²) in [5.41, 5.74) is 2.57. The van der Waals surface area contributed by atoms with Crippen molar-refractivity contribution in [2.45, 2.75) is 6.54 Å². The van der Waals surface area contributed by atoms with Gasteiger partial charge in [0.1, 0.15) is 17.3 Å². The number of fused-ring (bicyclic) bond motifs is 2. The molecule has 0 radical (unpaired) electrons. The number of hydrogen-bond donors (Lipinski definition) is 3. The summed E-state index contributed by atoms with van der Waals surface area (Å²) in [5.74, 6) is 0.178. The fraction of sp³-hybridized carbons (Fsp3) is 0.111. The number of anilines is 3. The lowest BCUT2D eigenvalue weighted by Gasteiger charge is -2.22. The summed E-state index contributed by atoms with van der Waals surface area (Å²) in [7, 11) is 1.83. The Morgan fingerprint density at radius 2 is 1.88 bits per heavy atom. The van der Waals surface area contributed by atoms with Crippen molar-refractivity contribution < 1.29 is 15.0 Å². The van der Waals surface area contributed by atoms with Gasteiger partial charge in [0.15, 0.2) is 0 Å². The van der Waals surface area contributed by atoms with E-state index in [9.17, 15) is 15.0 Å². The zero-order chi connectivity index (χ0) is 17.6. The maximum atomic E-state index is 13.1. The minimum atomic E-state index is -0.322. The first-order chi connectivity index (χ1) is 12.0. The molecule has 0 saturated carbocycles. The monoisotopic (exact) mass is 336 g/mol. The summed E-state index contributed by atoms with van der Waals surface area (Å²) in [5, 5.41) is 27.0. The third-order valence-corrected chi connectivity index (χ3v) is 4.19. The molecule has 1 aliphatic heterocycles. The number of aryl methyl sites for hydroxylation is 1. The van der Waals surface area contributed by atoms with Crippen molar-refractivity contribution in [2.24, 2.45) is 7.05 Å². The van der Waals surface area contributed by atoms with Crippen molar-refractivity contribution in [3.63, 3.8) is 0 Å². The van der Waals surface area contributed by atoms with E-state index in [1.54, 1.807) is 15.8 Å². The van der Waals surface area contributed by atoms with E-state index in [4.69, 9.17) is 0 Å². The van der Waals surface area contributed by atoms with E-state index in [0.29, 0.717) is 12.2 Å². The molecule has 25 heavy (non-hydrogen) atoms. The van der Waals surface area contributed by atoms with Crippen LogP contribution in [0.4, 0.5) is 17.2 Å². The average molecular weight is 336 g/mol. The lowest BCUT2D eigenvalue weighted by Crippen LogP contribution is -2.29. The zero-order valence-corrected chi connectivity index (χ0v) is 13.5. The van der Waals surface area contributed by atoms with Crippen LogP contribution >= 0.6 is 0 Å². The number of hydrogen-bond acceptors (Lipinski definition) is 5. The predicted molar refractivity (Wildman–Crippen MR) is 93.2 cm³/mol. The molecule has 2 heterocycles. The van der Waals surface area contributed by atoms with Gasteiger partial charge < -0.3 is 20.4 Å². The Labute approximate surface area is 143 Å². The molecule has 1 aromatic heterocycles. The highest BCUT2D eigenvalue weighted by molar-refractivity contribution is 6.08. The van der Waals surface area contributed by atoms with Crippen LogP contribution in [-0.4, -0.2) is 25.9 Å². The zero-order valence-electron chi connectivity index (χ0n) is 13.5. The molecule has 7 heteroatoms. The van der Waals surface area contributed by atoms with E-state index in [1.807, 2.05) is 31.3 Å². The van der Waals surface area contributed by atoms with E-state index in [2.05, 4.69) is 10.4 Å². The van der Waals surface area contributed by atoms with Crippen LogP contribution in [-0.2, 0) is 13.6 Å². The van der Waals surface area contributed by atoms with Crippen LogP contribution in [0.3, 0.4) is 0 Å². The molecule has 1 amide bonds. The van der Waals surface area contributed by atoms with Crippen molar-refractivity contribution >= 4 is 23.1 Å². The second-order valence-electron chi connectivity index (χ2n) is 5.91. The summed E-state index contributed by atoms with van der Waals surface area (Å²) in [4.78, 5) is 14.7. The van der Waals surface area contributed by atoms with Gasteiger partial charge in [0.25, 0.3) is 5.91 Å². The Morgan fingerprint density at radius 1 is 1.16 bits per heavy atom. The maximum absolute atomic E-state index is 13.1. The fourth-order valence-electron chi connectivity index (χ4n) is 3.01. The second-order valence-corrected chi connectivity index (χ2v) is 5.91. The molecule has 0 unspecified atom stereocenters. The molecule has 4 rings (SSSR count). The number of benzene rings is 2. The quantitative estimate of drug-likeness (QED) is 0.636. The van der Waals surface area contributed by atoms with Crippen molar-refractivity contribution in [3.05, 3.63) is 59.8 Å². The van der Waals surface area contributed by atoms with Crippen LogP contribution in [0.2, 0.25) is 0 Å². The maximum Gasteiger partial charge on any atom is 0.258 e. The molecule has 0 fully saturated rings. The molecule has 3 N–H and O–H groups in total. The van der Waals surface area contributed by atoms with Gasteiger partial charge in [0, 0.05) is 24.2 Å². The molecule has 7 nitrogen and oxygen atoms in total. The Hall–Kier alpha value is -3.48. The van der Waals surface area contributed by atoms with E-state index in [1.165, 1.54) is 18.2 Å². The summed E-state index contributed by atoms with van der Waals surface area (Å²) in [6, 6.07) is 11.3. The number of phenols is 2. The number of aromatic nitrogens is 2. The van der Waals surface area contributed by atoms with Crippen LogP contribution in [0.5, 0.6) is 11.5 Å². The van der Waals surface area contributed by atoms with Gasteiger partial charge in [-0.2, -0.15) is 5.10 Å². The SMILES string of the molecule is Cn1ncc2c1Nc1ccccc1N(C(=O)c1cc(O)cc(O)c1)C2. The molecule has 0 atom stereocenters. The number of phenolic OH excluding ortho intramolecular Hbond substituents is 2. The first-order valence-corrected chi connectivity index (χ1v) is 7.75. The van der Waals surface area contributed by atoms with E-state index in [0.717, 1.165) is 17.1 Å². The number of nitrogens with zero attached hydrogens (tertiary/aromatic N) is 3. The fourth-order valence-corrected chi connectivity index (χ4v) is 3.01. The lowest BCUT2D eigenvalue weighted by atomic mass is 10.1. The average Bonchev–Trinajstić information content (AvgIpc) is 2.83. The third kappa shape index (κ3) is 2.55. The molecule has 0 aliphatic carbocycles. The van der Waals surface area contributed by atoms with Gasteiger partial charge in [-0.15, -0.1) is 0 Å². The van der Waals surface area contributed by atoms with Crippen molar-refractivity contribution in [3.8, 4) is 11.5 Å². The van der Waals surface area contributed by atoms with Crippen LogP contribution in [0, 0.1) is 0 Å². The third-order valence-electron chi connectivity index (χ3n) is 4.19. The Bertz CT molecular complexity index is 960. The Kier molecular flexibility index (Phi) is 3.35. The largest absolute Gasteiger partial charge is 0.508 e. The summed E-state index contributed by atoms with van der Waals surface area (Å²) >= 11 is 0. The van der Waals surface area contributed by atoms with Gasteiger partial charge in [-0.3, -0.25) is 9.48 Å². The van der Waals surface area contributed by atoms with Gasteiger partial charge >= 0.3 is 0 Å². The summed E-state index contributed by atoms with van der Waals surface area (Å²) in [6.45, 7) is 0.322. The molecular formula is C18H16N4O3. The second kappa shape index (κ2) is 5.55. The topological polar surface area (TPSA) is 90.6 Å².